The molecule has 0 aliphatic rings. The minimum atomic E-state index is 0.0868. The Labute approximate surface area is 74.4 Å². The van der Waals surface area contributed by atoms with Gasteiger partial charge < -0.3 is 0 Å². The lowest BCUT2D eigenvalue weighted by Gasteiger charge is -1.99. The molecule has 1 unspecified atom stereocenters. The zero-order valence-electron chi connectivity index (χ0n) is 5.25. The summed E-state index contributed by atoms with van der Waals surface area (Å²) < 4.78 is 0. The van der Waals surface area contributed by atoms with Gasteiger partial charge in [0.05, 0.1) is 4.83 Å². The molecule has 1 rings (SSSR count). The molecule has 1 atom stereocenters. The van der Waals surface area contributed by atoms with E-state index in [2.05, 4.69) is 33.5 Å². The minimum Gasteiger partial charge on any atom is -0.0820 e. The maximum Gasteiger partial charge on any atom is 0.0758 e. The van der Waals surface area contributed by atoms with Crippen molar-refractivity contribution < 1.29 is 0 Å². The summed E-state index contributed by atoms with van der Waals surface area (Å²) >= 11 is 8.03. The third kappa shape index (κ3) is 1.89. The average molecular weight is 214 g/mol. The van der Waals surface area contributed by atoms with E-state index in [1.54, 1.807) is 0 Å². The van der Waals surface area contributed by atoms with Gasteiger partial charge in [-0.2, -0.15) is 0 Å². The lowest BCUT2D eigenvalue weighted by Crippen LogP contribution is -1.86. The van der Waals surface area contributed by atoms with Crippen LogP contribution in [0.1, 0.15) is 10.4 Å². The SMILES string of the molecule is S=[C]C(Br)c1ccccc1. The molecule has 0 fully saturated rings. The smallest absolute Gasteiger partial charge is 0.0758 e. The highest BCUT2D eigenvalue weighted by molar-refractivity contribution is 9.09. The van der Waals surface area contributed by atoms with Gasteiger partial charge in [-0.15, -0.1) is 0 Å². The van der Waals surface area contributed by atoms with Crippen molar-refractivity contribution in [3.63, 3.8) is 0 Å². The molecule has 1 aromatic rings. The molecule has 0 spiro atoms. The highest BCUT2D eigenvalue weighted by Crippen LogP contribution is 2.19. The molecule has 0 heterocycles. The van der Waals surface area contributed by atoms with Crippen LogP contribution in [0.25, 0.3) is 0 Å². The summed E-state index contributed by atoms with van der Waals surface area (Å²) in [7, 11) is 0. The van der Waals surface area contributed by atoms with Crippen LogP contribution in [0.5, 0.6) is 0 Å². The van der Waals surface area contributed by atoms with Gasteiger partial charge in [0.15, 0.2) is 0 Å². The molecular weight excluding hydrogens is 208 g/mol. The Kier molecular flexibility index (Phi) is 3.03. The number of alkyl halides is 1. The molecule has 0 aliphatic carbocycles. The van der Waals surface area contributed by atoms with Gasteiger partial charge in [0.25, 0.3) is 0 Å². The molecule has 1 aromatic carbocycles. The standard InChI is InChI=1S/C8H6BrS/c9-8(6-10)7-4-2-1-3-5-7/h1-5,8H. The highest BCUT2D eigenvalue weighted by atomic mass is 79.9. The van der Waals surface area contributed by atoms with Crippen molar-refractivity contribution in [2.24, 2.45) is 0 Å². The number of rotatable bonds is 2. The summed E-state index contributed by atoms with van der Waals surface area (Å²) in [6, 6.07) is 9.97. The fourth-order valence-electron chi connectivity index (χ4n) is 0.690. The van der Waals surface area contributed by atoms with E-state index in [4.69, 9.17) is 0 Å². The Morgan fingerprint density at radius 3 is 2.40 bits per heavy atom. The number of thiocarbonyl (C=S) groups is 1. The van der Waals surface area contributed by atoms with Crippen LogP contribution in [0.2, 0.25) is 0 Å². The van der Waals surface area contributed by atoms with Crippen LogP contribution in [0.4, 0.5) is 0 Å². The fraction of sp³-hybridized carbons (Fsp3) is 0.125. The lowest BCUT2D eigenvalue weighted by molar-refractivity contribution is 1.37. The number of hydrogen-bond donors (Lipinski definition) is 0. The van der Waals surface area contributed by atoms with Gasteiger partial charge >= 0.3 is 0 Å². The summed E-state index contributed by atoms with van der Waals surface area (Å²) in [4.78, 5) is 0.0868. The fourth-order valence-corrected chi connectivity index (χ4v) is 1.13. The molecule has 10 heavy (non-hydrogen) atoms. The molecule has 2 heteroatoms. The molecule has 0 amide bonds. The molecule has 0 aromatic heterocycles. The van der Waals surface area contributed by atoms with Gasteiger partial charge in [-0.05, 0) is 5.56 Å². The van der Waals surface area contributed by atoms with Gasteiger partial charge in [-0.25, -0.2) is 0 Å². The zero-order chi connectivity index (χ0) is 7.40. The maximum atomic E-state index is 4.66. The predicted octanol–water partition coefficient (Wildman–Crippen LogP) is 3.00. The summed E-state index contributed by atoms with van der Waals surface area (Å²) in [5, 5.41) is 2.68. The number of halogens is 1. The number of hydrogen-bond acceptors (Lipinski definition) is 1. The molecule has 0 saturated heterocycles. The predicted molar refractivity (Wildman–Crippen MR) is 50.7 cm³/mol. The lowest BCUT2D eigenvalue weighted by atomic mass is 10.2. The molecule has 0 saturated carbocycles. The minimum absolute atomic E-state index is 0.0868. The van der Waals surface area contributed by atoms with Crippen LogP contribution in [0.3, 0.4) is 0 Å². The third-order valence-corrected chi connectivity index (χ3v) is 2.49. The van der Waals surface area contributed by atoms with Crippen molar-refractivity contribution in [3.8, 4) is 0 Å². The van der Waals surface area contributed by atoms with Crippen molar-refractivity contribution >= 4 is 33.5 Å². The first-order valence-electron chi connectivity index (χ1n) is 2.91. The molecule has 0 N–H and O–H groups in total. The van der Waals surface area contributed by atoms with E-state index in [0.29, 0.717) is 0 Å². The zero-order valence-corrected chi connectivity index (χ0v) is 7.65. The van der Waals surface area contributed by atoms with Crippen molar-refractivity contribution in [3.05, 3.63) is 35.9 Å². The van der Waals surface area contributed by atoms with E-state index in [-0.39, 0.29) is 4.83 Å². The summed E-state index contributed by atoms with van der Waals surface area (Å²) in [5.74, 6) is 0. The summed E-state index contributed by atoms with van der Waals surface area (Å²) in [6.07, 6.45) is 0. The van der Waals surface area contributed by atoms with E-state index in [0.717, 1.165) is 5.56 Å². The van der Waals surface area contributed by atoms with Crippen LogP contribution in [0, 0.1) is 0 Å². The topological polar surface area (TPSA) is 0 Å². The Morgan fingerprint density at radius 2 is 1.90 bits per heavy atom. The first-order chi connectivity index (χ1) is 4.84. The number of benzene rings is 1. The van der Waals surface area contributed by atoms with Crippen LogP contribution in [-0.4, -0.2) is 5.37 Å². The van der Waals surface area contributed by atoms with Crippen LogP contribution in [-0.2, 0) is 0 Å². The second-order valence-corrected chi connectivity index (χ2v) is 3.04. The Bertz CT molecular complexity index is 208. The summed E-state index contributed by atoms with van der Waals surface area (Å²) in [5.41, 5.74) is 1.15. The van der Waals surface area contributed by atoms with Crippen LogP contribution in [0.15, 0.2) is 30.3 Å². The first-order valence-corrected chi connectivity index (χ1v) is 4.23. The molecular formula is C8H6BrS. The normalized spacial score (nSPS) is 12.5. The maximum absolute atomic E-state index is 4.66. The van der Waals surface area contributed by atoms with E-state index in [9.17, 15) is 0 Å². The largest absolute Gasteiger partial charge is 0.0820 e. The third-order valence-electron chi connectivity index (χ3n) is 1.20. The van der Waals surface area contributed by atoms with Crippen molar-refractivity contribution in [2.45, 2.75) is 4.83 Å². The molecule has 0 aliphatic heterocycles. The Balaban J connectivity index is 2.84. The highest BCUT2D eigenvalue weighted by Gasteiger charge is 2.00. The van der Waals surface area contributed by atoms with Gasteiger partial charge in [-0.1, -0.05) is 58.5 Å². The Hall–Kier alpha value is -0.210. The second-order valence-electron chi connectivity index (χ2n) is 1.89. The van der Waals surface area contributed by atoms with E-state index >= 15 is 0 Å². The van der Waals surface area contributed by atoms with E-state index in [1.807, 2.05) is 30.3 Å². The Morgan fingerprint density at radius 1 is 1.30 bits per heavy atom. The molecule has 0 bridgehead atoms. The van der Waals surface area contributed by atoms with Crippen LogP contribution < -0.4 is 0 Å². The quantitative estimate of drug-likeness (QED) is 0.538. The average Bonchev–Trinajstić information content (AvgIpc) is 2.05. The van der Waals surface area contributed by atoms with E-state index < -0.39 is 0 Å². The van der Waals surface area contributed by atoms with Gasteiger partial charge in [0.1, 0.15) is 0 Å². The van der Waals surface area contributed by atoms with Crippen molar-refractivity contribution in [1.82, 2.24) is 0 Å². The summed E-state index contributed by atoms with van der Waals surface area (Å²) in [6.45, 7) is 0. The van der Waals surface area contributed by atoms with Gasteiger partial charge in [0, 0.05) is 5.37 Å². The molecule has 0 nitrogen and oxygen atoms in total. The van der Waals surface area contributed by atoms with Crippen LogP contribution >= 0.6 is 28.1 Å². The molecule has 51 valence electrons. The monoisotopic (exact) mass is 213 g/mol. The first kappa shape index (κ1) is 7.89. The van der Waals surface area contributed by atoms with E-state index in [1.165, 1.54) is 0 Å². The van der Waals surface area contributed by atoms with Gasteiger partial charge in [0.2, 0.25) is 0 Å². The van der Waals surface area contributed by atoms with Crippen molar-refractivity contribution in [2.75, 3.05) is 0 Å². The van der Waals surface area contributed by atoms with Crippen molar-refractivity contribution in [1.29, 1.82) is 0 Å². The second kappa shape index (κ2) is 3.84. The molecule has 1 radical (unpaired) electrons. The van der Waals surface area contributed by atoms with Gasteiger partial charge in [-0.3, -0.25) is 0 Å².